The molecule has 0 saturated carbocycles. The summed E-state index contributed by atoms with van der Waals surface area (Å²) in [4.78, 5) is 0. The number of nitrogens with zero attached hydrogens (tertiary/aromatic N) is 2. The minimum Gasteiger partial charge on any atom is -0.195 e. The normalized spacial score (nSPS) is 29.9. The molecule has 0 aromatic rings. The van der Waals surface area contributed by atoms with Crippen molar-refractivity contribution in [1.29, 1.82) is 0 Å². The van der Waals surface area contributed by atoms with Crippen molar-refractivity contribution in [3.63, 3.8) is 0 Å². The molecule has 2 aliphatic heterocycles. The summed E-state index contributed by atoms with van der Waals surface area (Å²) >= 11 is 5.85. The van der Waals surface area contributed by atoms with Crippen LogP contribution in [0.1, 0.15) is 32.6 Å². The first-order chi connectivity index (χ1) is 8.05. The molecule has 0 aromatic heterocycles. The maximum absolute atomic E-state index is 12.5. The highest BCUT2D eigenvalue weighted by Gasteiger charge is 2.38. The van der Waals surface area contributed by atoms with E-state index in [9.17, 15) is 8.42 Å². The van der Waals surface area contributed by atoms with Crippen LogP contribution in [-0.4, -0.2) is 48.6 Å². The van der Waals surface area contributed by atoms with Crippen LogP contribution in [0.15, 0.2) is 0 Å². The standard InChI is InChI=1S/C11H21ClN2O2S/c1-10-4-7-13(8-5-10)17(15,16)14-6-2-3-11(14)9-12/h10-11H,2-9H2,1H3. The first kappa shape index (κ1) is 13.6. The van der Waals surface area contributed by atoms with E-state index in [4.69, 9.17) is 11.6 Å². The van der Waals surface area contributed by atoms with E-state index < -0.39 is 10.2 Å². The molecule has 0 amide bonds. The molecular formula is C11H21ClN2O2S. The highest BCUT2D eigenvalue weighted by Crippen LogP contribution is 2.27. The Hall–Kier alpha value is 0.160. The summed E-state index contributed by atoms with van der Waals surface area (Å²) in [5.41, 5.74) is 0. The Morgan fingerprint density at radius 1 is 1.18 bits per heavy atom. The zero-order valence-electron chi connectivity index (χ0n) is 10.3. The molecule has 0 radical (unpaired) electrons. The Morgan fingerprint density at radius 3 is 2.41 bits per heavy atom. The van der Waals surface area contributed by atoms with E-state index in [0.29, 0.717) is 31.4 Å². The molecule has 2 fully saturated rings. The summed E-state index contributed by atoms with van der Waals surface area (Å²) in [7, 11) is -3.26. The van der Waals surface area contributed by atoms with Gasteiger partial charge in [-0.2, -0.15) is 17.0 Å². The molecule has 0 bridgehead atoms. The predicted molar refractivity (Wildman–Crippen MR) is 69.3 cm³/mol. The van der Waals surface area contributed by atoms with Crippen LogP contribution in [0.2, 0.25) is 0 Å². The number of piperidine rings is 1. The lowest BCUT2D eigenvalue weighted by atomic mass is 10.0. The van der Waals surface area contributed by atoms with E-state index >= 15 is 0 Å². The summed E-state index contributed by atoms with van der Waals surface area (Å²) in [6, 6.07) is 0.000941. The van der Waals surface area contributed by atoms with Crippen molar-refractivity contribution in [3.05, 3.63) is 0 Å². The Morgan fingerprint density at radius 2 is 1.82 bits per heavy atom. The van der Waals surface area contributed by atoms with E-state index in [2.05, 4.69) is 6.92 Å². The van der Waals surface area contributed by atoms with Crippen LogP contribution in [0.25, 0.3) is 0 Å². The highest BCUT2D eigenvalue weighted by molar-refractivity contribution is 7.86. The first-order valence-corrected chi connectivity index (χ1v) is 8.31. The van der Waals surface area contributed by atoms with E-state index in [1.165, 1.54) is 0 Å². The fourth-order valence-corrected chi connectivity index (χ4v) is 4.92. The first-order valence-electron chi connectivity index (χ1n) is 6.38. The van der Waals surface area contributed by atoms with Gasteiger partial charge in [0.05, 0.1) is 0 Å². The fourth-order valence-electron chi connectivity index (χ4n) is 2.63. The molecule has 0 aromatic carbocycles. The molecule has 17 heavy (non-hydrogen) atoms. The second-order valence-corrected chi connectivity index (χ2v) is 7.34. The zero-order valence-corrected chi connectivity index (χ0v) is 11.9. The van der Waals surface area contributed by atoms with Crippen molar-refractivity contribution in [1.82, 2.24) is 8.61 Å². The second-order valence-electron chi connectivity index (χ2n) is 5.15. The fraction of sp³-hybridized carbons (Fsp3) is 1.00. The maximum atomic E-state index is 12.5. The van der Waals surface area contributed by atoms with Gasteiger partial charge in [0.1, 0.15) is 0 Å². The zero-order chi connectivity index (χ0) is 12.5. The van der Waals surface area contributed by atoms with Gasteiger partial charge < -0.3 is 0 Å². The van der Waals surface area contributed by atoms with Crippen LogP contribution in [0.4, 0.5) is 0 Å². The minimum absolute atomic E-state index is 0.000941. The van der Waals surface area contributed by atoms with Crippen molar-refractivity contribution < 1.29 is 8.42 Å². The average molecular weight is 281 g/mol. The molecule has 2 heterocycles. The molecule has 1 atom stereocenters. The summed E-state index contributed by atoms with van der Waals surface area (Å²) in [5, 5.41) is 0. The molecule has 0 spiro atoms. The number of alkyl halides is 1. The average Bonchev–Trinajstić information content (AvgIpc) is 2.78. The van der Waals surface area contributed by atoms with Gasteiger partial charge in [0.25, 0.3) is 10.2 Å². The number of rotatable bonds is 3. The van der Waals surface area contributed by atoms with E-state index in [1.807, 2.05) is 0 Å². The van der Waals surface area contributed by atoms with E-state index in [0.717, 1.165) is 25.7 Å². The van der Waals surface area contributed by atoms with Gasteiger partial charge in [-0.05, 0) is 31.6 Å². The largest absolute Gasteiger partial charge is 0.282 e. The molecule has 4 nitrogen and oxygen atoms in total. The third-order valence-corrected chi connectivity index (χ3v) is 6.31. The van der Waals surface area contributed by atoms with E-state index in [1.54, 1.807) is 8.61 Å². The van der Waals surface area contributed by atoms with Crippen molar-refractivity contribution in [2.45, 2.75) is 38.6 Å². The molecule has 0 aliphatic carbocycles. The molecular weight excluding hydrogens is 260 g/mol. The topological polar surface area (TPSA) is 40.6 Å². The second kappa shape index (κ2) is 5.43. The summed E-state index contributed by atoms with van der Waals surface area (Å²) in [6.45, 7) is 4.14. The van der Waals surface area contributed by atoms with Gasteiger partial charge in [0, 0.05) is 31.6 Å². The van der Waals surface area contributed by atoms with Crippen molar-refractivity contribution >= 4 is 21.8 Å². The van der Waals surface area contributed by atoms with Crippen molar-refractivity contribution in [2.24, 2.45) is 5.92 Å². The van der Waals surface area contributed by atoms with Gasteiger partial charge in [-0.1, -0.05) is 6.92 Å². The lowest BCUT2D eigenvalue weighted by Crippen LogP contribution is -2.49. The SMILES string of the molecule is CC1CCN(S(=O)(=O)N2CCCC2CCl)CC1. The molecule has 2 rings (SSSR count). The van der Waals surface area contributed by atoms with E-state index in [-0.39, 0.29) is 6.04 Å². The van der Waals surface area contributed by atoms with Gasteiger partial charge in [-0.15, -0.1) is 11.6 Å². The quantitative estimate of drug-likeness (QED) is 0.738. The number of hydrogen-bond donors (Lipinski definition) is 0. The molecule has 0 N–H and O–H groups in total. The van der Waals surface area contributed by atoms with Crippen molar-refractivity contribution in [2.75, 3.05) is 25.5 Å². The highest BCUT2D eigenvalue weighted by atomic mass is 35.5. The van der Waals surface area contributed by atoms with Crippen molar-refractivity contribution in [3.8, 4) is 0 Å². The summed E-state index contributed by atoms with van der Waals surface area (Å²) in [5.74, 6) is 1.05. The molecule has 1 unspecified atom stereocenters. The molecule has 100 valence electrons. The Bertz CT molecular complexity index is 352. The Balaban J connectivity index is 2.07. The van der Waals surface area contributed by atoms with Gasteiger partial charge in [-0.25, -0.2) is 0 Å². The van der Waals surface area contributed by atoms with Gasteiger partial charge in [-0.3, -0.25) is 0 Å². The van der Waals surface area contributed by atoms with Gasteiger partial charge in [0.15, 0.2) is 0 Å². The third-order valence-electron chi connectivity index (χ3n) is 3.87. The monoisotopic (exact) mass is 280 g/mol. The number of hydrogen-bond acceptors (Lipinski definition) is 2. The van der Waals surface area contributed by atoms with Crippen LogP contribution in [-0.2, 0) is 10.2 Å². The Labute approximate surface area is 109 Å². The minimum atomic E-state index is -3.26. The lowest BCUT2D eigenvalue weighted by Gasteiger charge is -2.34. The molecule has 2 saturated heterocycles. The smallest absolute Gasteiger partial charge is 0.195 e. The Kier molecular flexibility index (Phi) is 4.34. The maximum Gasteiger partial charge on any atom is 0.282 e. The van der Waals surface area contributed by atoms with Crippen LogP contribution in [0, 0.1) is 5.92 Å². The van der Waals surface area contributed by atoms with Crippen LogP contribution in [0.5, 0.6) is 0 Å². The summed E-state index contributed by atoms with van der Waals surface area (Å²) in [6.07, 6.45) is 3.77. The van der Waals surface area contributed by atoms with Crippen LogP contribution >= 0.6 is 11.6 Å². The van der Waals surface area contributed by atoms with Gasteiger partial charge in [0.2, 0.25) is 0 Å². The predicted octanol–water partition coefficient (Wildman–Crippen LogP) is 1.67. The molecule has 6 heteroatoms. The van der Waals surface area contributed by atoms with Crippen LogP contribution < -0.4 is 0 Å². The molecule has 2 aliphatic rings. The third kappa shape index (κ3) is 2.78. The number of halogens is 1. The van der Waals surface area contributed by atoms with Crippen LogP contribution in [0.3, 0.4) is 0 Å². The van der Waals surface area contributed by atoms with Gasteiger partial charge >= 0.3 is 0 Å². The summed E-state index contributed by atoms with van der Waals surface area (Å²) < 4.78 is 28.2. The lowest BCUT2D eigenvalue weighted by molar-refractivity contribution is 0.263.